The lowest BCUT2D eigenvalue weighted by Crippen LogP contribution is -2.31. The van der Waals surface area contributed by atoms with Gasteiger partial charge in [-0.1, -0.05) is 29.8 Å². The van der Waals surface area contributed by atoms with Crippen LogP contribution in [0.5, 0.6) is 0 Å². The Hall–Kier alpha value is -2.38. The predicted octanol–water partition coefficient (Wildman–Crippen LogP) is 3.09. The lowest BCUT2D eigenvalue weighted by Gasteiger charge is -2.15. The fourth-order valence-electron chi connectivity index (χ4n) is 2.40. The second-order valence-corrected chi connectivity index (χ2v) is 8.62. The molecule has 0 aromatic heterocycles. The molecular formula is C19H20ClNO5S. The Morgan fingerprint density at radius 2 is 1.89 bits per heavy atom. The van der Waals surface area contributed by atoms with Crippen molar-refractivity contribution in [2.45, 2.75) is 24.8 Å². The van der Waals surface area contributed by atoms with Crippen LogP contribution in [0.15, 0.2) is 47.4 Å². The van der Waals surface area contributed by atoms with Gasteiger partial charge in [-0.2, -0.15) is 0 Å². The van der Waals surface area contributed by atoms with E-state index in [0.717, 1.165) is 11.8 Å². The minimum Gasteiger partial charge on any atom is -0.452 e. The molecule has 0 saturated heterocycles. The number of carbonyl (C=O) groups is 2. The van der Waals surface area contributed by atoms with Crippen molar-refractivity contribution in [3.05, 3.63) is 64.2 Å². The van der Waals surface area contributed by atoms with Crippen molar-refractivity contribution < 1.29 is 22.7 Å². The minimum atomic E-state index is -3.45. The molecule has 2 aromatic carbocycles. The minimum absolute atomic E-state index is 0.0130. The number of rotatable bonds is 6. The van der Waals surface area contributed by atoms with Gasteiger partial charge in [0.2, 0.25) is 0 Å². The van der Waals surface area contributed by atoms with Gasteiger partial charge in [0.1, 0.15) is 0 Å². The number of amides is 1. The first-order valence-electron chi connectivity index (χ1n) is 8.10. The Morgan fingerprint density at radius 3 is 2.52 bits per heavy atom. The molecule has 1 N–H and O–H groups in total. The van der Waals surface area contributed by atoms with Crippen LogP contribution in [0.4, 0.5) is 0 Å². The van der Waals surface area contributed by atoms with Gasteiger partial charge >= 0.3 is 5.97 Å². The number of hydrogen-bond acceptors (Lipinski definition) is 5. The van der Waals surface area contributed by atoms with E-state index in [2.05, 4.69) is 5.32 Å². The number of nitrogens with one attached hydrogen (secondary N) is 1. The first kappa shape index (κ1) is 20.9. The fourth-order valence-corrected chi connectivity index (χ4v) is 3.25. The average molecular weight is 410 g/mol. The quantitative estimate of drug-likeness (QED) is 0.740. The van der Waals surface area contributed by atoms with E-state index in [9.17, 15) is 18.0 Å². The Bertz CT molecular complexity index is 972. The first-order chi connectivity index (χ1) is 12.6. The molecule has 0 spiro atoms. The van der Waals surface area contributed by atoms with Crippen molar-refractivity contribution >= 4 is 33.3 Å². The van der Waals surface area contributed by atoms with Gasteiger partial charge in [-0.3, -0.25) is 4.79 Å². The van der Waals surface area contributed by atoms with E-state index in [-0.39, 0.29) is 16.5 Å². The van der Waals surface area contributed by atoms with Gasteiger partial charge in [-0.15, -0.1) is 0 Å². The molecule has 0 heterocycles. The smallest absolute Gasteiger partial charge is 0.338 e. The van der Waals surface area contributed by atoms with E-state index in [1.807, 2.05) is 6.07 Å². The van der Waals surface area contributed by atoms with Crippen molar-refractivity contribution in [2.75, 3.05) is 12.9 Å². The van der Waals surface area contributed by atoms with Crippen LogP contribution in [-0.2, 0) is 19.4 Å². The lowest BCUT2D eigenvalue weighted by atomic mass is 10.1. The summed E-state index contributed by atoms with van der Waals surface area (Å²) in [5, 5.41) is 3.27. The van der Waals surface area contributed by atoms with Gasteiger partial charge in [0.05, 0.1) is 16.5 Å². The molecule has 2 aromatic rings. The number of esters is 1. The maximum absolute atomic E-state index is 12.2. The highest BCUT2D eigenvalue weighted by Gasteiger charge is 2.17. The largest absolute Gasteiger partial charge is 0.452 e. The maximum Gasteiger partial charge on any atom is 0.338 e. The summed E-state index contributed by atoms with van der Waals surface area (Å²) >= 11 is 5.93. The number of halogens is 1. The van der Waals surface area contributed by atoms with Gasteiger partial charge in [0.15, 0.2) is 16.4 Å². The molecule has 0 unspecified atom stereocenters. The van der Waals surface area contributed by atoms with Crippen LogP contribution in [-0.4, -0.2) is 33.2 Å². The van der Waals surface area contributed by atoms with Crippen LogP contribution in [0.2, 0.25) is 5.02 Å². The number of aryl methyl sites for hydroxylation is 1. The van der Waals surface area contributed by atoms with Gasteiger partial charge in [0.25, 0.3) is 5.91 Å². The molecule has 0 aliphatic rings. The first-order valence-corrected chi connectivity index (χ1v) is 10.4. The van der Waals surface area contributed by atoms with Crippen molar-refractivity contribution in [3.8, 4) is 0 Å². The highest BCUT2D eigenvalue weighted by atomic mass is 35.5. The third-order valence-corrected chi connectivity index (χ3v) is 5.26. The Kier molecular flexibility index (Phi) is 6.62. The molecule has 0 aliphatic carbocycles. The van der Waals surface area contributed by atoms with Crippen LogP contribution >= 0.6 is 11.6 Å². The van der Waals surface area contributed by atoms with Gasteiger partial charge in [-0.05, 0) is 49.2 Å². The molecule has 2 rings (SSSR count). The molecule has 6 nitrogen and oxygen atoms in total. The monoisotopic (exact) mass is 409 g/mol. The van der Waals surface area contributed by atoms with Crippen LogP contribution in [0.3, 0.4) is 0 Å². The normalized spacial score (nSPS) is 12.3. The van der Waals surface area contributed by atoms with Gasteiger partial charge < -0.3 is 10.1 Å². The molecule has 0 bridgehead atoms. The van der Waals surface area contributed by atoms with Crippen LogP contribution in [0.1, 0.15) is 34.5 Å². The topological polar surface area (TPSA) is 89.5 Å². The van der Waals surface area contributed by atoms with Gasteiger partial charge in [0, 0.05) is 11.3 Å². The molecular weight excluding hydrogens is 390 g/mol. The van der Waals surface area contributed by atoms with Crippen molar-refractivity contribution in [3.63, 3.8) is 0 Å². The maximum atomic E-state index is 12.2. The van der Waals surface area contributed by atoms with E-state index < -0.39 is 28.3 Å². The molecule has 0 aliphatic heterocycles. The second-order valence-electron chi connectivity index (χ2n) is 6.17. The summed E-state index contributed by atoms with van der Waals surface area (Å²) in [4.78, 5) is 24.3. The van der Waals surface area contributed by atoms with E-state index >= 15 is 0 Å². The number of sulfone groups is 1. The van der Waals surface area contributed by atoms with Crippen LogP contribution in [0, 0.1) is 6.92 Å². The van der Waals surface area contributed by atoms with E-state index in [0.29, 0.717) is 10.6 Å². The number of ether oxygens (including phenoxy) is 1. The van der Waals surface area contributed by atoms with Gasteiger partial charge in [-0.25, -0.2) is 13.2 Å². The second kappa shape index (κ2) is 8.54. The molecule has 0 fully saturated rings. The zero-order valence-corrected chi connectivity index (χ0v) is 16.7. The summed E-state index contributed by atoms with van der Waals surface area (Å²) in [5.41, 5.74) is 1.48. The van der Waals surface area contributed by atoms with Crippen LogP contribution < -0.4 is 5.32 Å². The third kappa shape index (κ3) is 5.80. The molecule has 27 heavy (non-hydrogen) atoms. The summed E-state index contributed by atoms with van der Waals surface area (Å²) in [5.74, 6) is -1.24. The Balaban J connectivity index is 2.00. The van der Waals surface area contributed by atoms with E-state index in [4.69, 9.17) is 16.3 Å². The molecule has 8 heteroatoms. The van der Waals surface area contributed by atoms with Crippen LogP contribution in [0.25, 0.3) is 0 Å². The lowest BCUT2D eigenvalue weighted by molar-refractivity contribution is -0.124. The molecule has 0 saturated carbocycles. The fraction of sp³-hybridized carbons (Fsp3) is 0.263. The summed E-state index contributed by atoms with van der Waals surface area (Å²) in [7, 11) is -3.45. The summed E-state index contributed by atoms with van der Waals surface area (Å²) in [6.07, 6.45) is 1.05. The number of benzene rings is 2. The number of carbonyl (C=O) groups excluding carboxylic acids is 2. The zero-order chi connectivity index (χ0) is 20.2. The summed E-state index contributed by atoms with van der Waals surface area (Å²) in [6, 6.07) is 10.9. The third-order valence-electron chi connectivity index (χ3n) is 3.92. The molecule has 144 valence electrons. The number of hydrogen-bond donors (Lipinski definition) is 1. The van der Waals surface area contributed by atoms with Crippen molar-refractivity contribution in [1.29, 1.82) is 0 Å². The van der Waals surface area contributed by atoms with E-state index in [1.54, 1.807) is 32.0 Å². The average Bonchev–Trinajstić information content (AvgIpc) is 2.59. The highest BCUT2D eigenvalue weighted by molar-refractivity contribution is 7.90. The molecule has 1 amide bonds. The zero-order valence-electron chi connectivity index (χ0n) is 15.2. The SMILES string of the molecule is Cc1ccc(S(C)(=O)=O)cc1C(=O)OCC(=O)N[C@H](C)c1cccc(Cl)c1. The predicted molar refractivity (Wildman–Crippen MR) is 103 cm³/mol. The standard InChI is InChI=1S/C19H20ClNO5S/c1-12-7-8-16(27(3,24)25)10-17(12)19(23)26-11-18(22)21-13(2)14-5-4-6-15(20)9-14/h4-10,13H,11H2,1-3H3,(H,21,22)/t13-/m1/s1. The summed E-state index contributed by atoms with van der Waals surface area (Å²) < 4.78 is 28.3. The highest BCUT2D eigenvalue weighted by Crippen LogP contribution is 2.18. The van der Waals surface area contributed by atoms with Crippen molar-refractivity contribution in [2.24, 2.45) is 0 Å². The Morgan fingerprint density at radius 1 is 1.19 bits per heavy atom. The van der Waals surface area contributed by atoms with E-state index in [1.165, 1.54) is 18.2 Å². The Labute approximate surface area is 163 Å². The summed E-state index contributed by atoms with van der Waals surface area (Å²) in [6.45, 7) is 2.96. The molecule has 1 atom stereocenters. The van der Waals surface area contributed by atoms with Crippen molar-refractivity contribution in [1.82, 2.24) is 5.32 Å². The molecule has 0 radical (unpaired) electrons.